The van der Waals surface area contributed by atoms with Gasteiger partial charge in [0.05, 0.1) is 0 Å². The Balaban J connectivity index is 1.15. The molecule has 40 heavy (non-hydrogen) atoms. The van der Waals surface area contributed by atoms with E-state index in [4.69, 9.17) is 0 Å². The Morgan fingerprint density at radius 3 is 1.05 bits per heavy atom. The molecule has 0 aliphatic carbocycles. The normalized spacial score (nSPS) is 24.4. The lowest BCUT2D eigenvalue weighted by Gasteiger charge is -2.37. The van der Waals surface area contributed by atoms with Gasteiger partial charge in [0.2, 0.25) is 0 Å². The van der Waals surface area contributed by atoms with Crippen molar-refractivity contribution in [2.75, 3.05) is 39.3 Å². The Hall–Kier alpha value is -2.50. The molecule has 0 aromatic heterocycles. The zero-order valence-corrected chi connectivity index (χ0v) is 24.3. The van der Waals surface area contributed by atoms with E-state index in [9.17, 15) is 0 Å². The van der Waals surface area contributed by atoms with E-state index in [-0.39, 0.29) is 0 Å². The van der Waals surface area contributed by atoms with Crippen LogP contribution in [0.1, 0.15) is 55.2 Å². The Morgan fingerprint density at radius 2 is 0.750 bits per heavy atom. The van der Waals surface area contributed by atoms with Crippen molar-refractivity contribution in [3.63, 3.8) is 0 Å². The molecule has 0 bridgehead atoms. The van der Waals surface area contributed by atoms with Crippen LogP contribution in [0.25, 0.3) is 0 Å². The summed E-state index contributed by atoms with van der Waals surface area (Å²) < 4.78 is 0. The predicted octanol–water partition coefficient (Wildman–Crippen LogP) is 6.28. The Labute approximate surface area is 242 Å². The zero-order valence-electron chi connectivity index (χ0n) is 24.3. The largest absolute Gasteiger partial charge is 0.299 e. The molecule has 6 rings (SSSR count). The van der Waals surface area contributed by atoms with Gasteiger partial charge in [-0.3, -0.25) is 19.6 Å². The molecule has 0 saturated carbocycles. The summed E-state index contributed by atoms with van der Waals surface area (Å²) in [5, 5.41) is 0. The van der Waals surface area contributed by atoms with Crippen molar-refractivity contribution in [2.24, 2.45) is 0 Å². The summed E-state index contributed by atoms with van der Waals surface area (Å²) in [5.74, 6) is 0. The lowest BCUT2D eigenvalue weighted by molar-refractivity contribution is 0.1000. The van der Waals surface area contributed by atoms with Crippen molar-refractivity contribution in [3.8, 4) is 0 Å². The Kier molecular flexibility index (Phi) is 9.62. The number of hydrogen-bond donors (Lipinski definition) is 0. The first kappa shape index (κ1) is 27.7. The van der Waals surface area contributed by atoms with Gasteiger partial charge in [0.15, 0.2) is 0 Å². The standard InChI is InChI=1S/C36H48N4/c1-4-13-31(14-5-1)25-38-22-10-19-34(38)28-37(29-35-20-11-23-39(35)26-32-15-6-2-7-16-32)30-36-21-12-24-40(36)27-33-17-8-3-9-18-33/h1-9,13-18,34-36H,10-12,19-30H2. The molecule has 3 aromatic rings. The highest BCUT2D eigenvalue weighted by Crippen LogP contribution is 2.27. The van der Waals surface area contributed by atoms with E-state index >= 15 is 0 Å². The van der Waals surface area contributed by atoms with E-state index < -0.39 is 0 Å². The number of rotatable bonds is 12. The number of hydrogen-bond acceptors (Lipinski definition) is 4. The fraction of sp³-hybridized carbons (Fsp3) is 0.500. The van der Waals surface area contributed by atoms with Crippen LogP contribution in [0.2, 0.25) is 0 Å². The molecule has 3 aliphatic heterocycles. The van der Waals surface area contributed by atoms with E-state index in [0.29, 0.717) is 18.1 Å². The minimum Gasteiger partial charge on any atom is -0.299 e. The van der Waals surface area contributed by atoms with Gasteiger partial charge in [-0.25, -0.2) is 0 Å². The summed E-state index contributed by atoms with van der Waals surface area (Å²) >= 11 is 0. The molecule has 4 heteroatoms. The maximum atomic E-state index is 2.90. The van der Waals surface area contributed by atoms with Crippen LogP contribution in [-0.2, 0) is 19.6 Å². The minimum absolute atomic E-state index is 0.660. The molecular formula is C36H48N4. The monoisotopic (exact) mass is 536 g/mol. The van der Waals surface area contributed by atoms with Crippen LogP contribution in [0, 0.1) is 0 Å². The Morgan fingerprint density at radius 1 is 0.450 bits per heavy atom. The minimum atomic E-state index is 0.660. The van der Waals surface area contributed by atoms with Crippen LogP contribution < -0.4 is 0 Å². The second-order valence-corrected chi connectivity index (χ2v) is 12.5. The van der Waals surface area contributed by atoms with Crippen molar-refractivity contribution >= 4 is 0 Å². The summed E-state index contributed by atoms with van der Waals surface area (Å²) in [6.45, 7) is 10.6. The second kappa shape index (κ2) is 13.9. The van der Waals surface area contributed by atoms with Gasteiger partial charge in [0.25, 0.3) is 0 Å². The Bertz CT molecular complexity index is 991. The van der Waals surface area contributed by atoms with E-state index in [1.54, 1.807) is 0 Å². The molecule has 3 atom stereocenters. The van der Waals surface area contributed by atoms with Crippen LogP contribution in [0.4, 0.5) is 0 Å². The highest BCUT2D eigenvalue weighted by molar-refractivity contribution is 5.17. The third-order valence-corrected chi connectivity index (χ3v) is 9.59. The van der Waals surface area contributed by atoms with E-state index in [0.717, 1.165) is 19.6 Å². The average Bonchev–Trinajstić information content (AvgIpc) is 3.73. The van der Waals surface area contributed by atoms with Crippen LogP contribution in [0.3, 0.4) is 0 Å². The maximum absolute atomic E-state index is 2.90. The van der Waals surface area contributed by atoms with Crippen LogP contribution in [0.15, 0.2) is 91.0 Å². The molecule has 0 amide bonds. The lowest BCUT2D eigenvalue weighted by atomic mass is 10.1. The second-order valence-electron chi connectivity index (χ2n) is 12.5. The first-order valence-electron chi connectivity index (χ1n) is 15.9. The fourth-order valence-electron chi connectivity index (χ4n) is 7.50. The SMILES string of the molecule is c1ccc(CN2CCCC2CN(CC2CCCN2Cc2ccccc2)CC2CCCN2Cc2ccccc2)cc1. The summed E-state index contributed by atoms with van der Waals surface area (Å²) in [7, 11) is 0. The van der Waals surface area contributed by atoms with Gasteiger partial charge >= 0.3 is 0 Å². The van der Waals surface area contributed by atoms with Crippen molar-refractivity contribution in [1.82, 2.24) is 19.6 Å². The van der Waals surface area contributed by atoms with Gasteiger partial charge in [-0.1, -0.05) is 91.0 Å². The summed E-state index contributed by atoms with van der Waals surface area (Å²) in [6.07, 6.45) is 8.00. The van der Waals surface area contributed by atoms with Crippen molar-refractivity contribution in [3.05, 3.63) is 108 Å². The summed E-state index contributed by atoms with van der Waals surface area (Å²) in [4.78, 5) is 11.2. The average molecular weight is 537 g/mol. The van der Waals surface area contributed by atoms with Gasteiger partial charge in [-0.05, 0) is 74.8 Å². The van der Waals surface area contributed by atoms with E-state index in [1.807, 2.05) is 0 Å². The summed E-state index contributed by atoms with van der Waals surface area (Å²) in [6, 6.07) is 35.3. The first-order valence-corrected chi connectivity index (χ1v) is 15.9. The highest BCUT2D eigenvalue weighted by atomic mass is 15.3. The van der Waals surface area contributed by atoms with Crippen LogP contribution in [0.5, 0.6) is 0 Å². The van der Waals surface area contributed by atoms with E-state index in [1.165, 1.54) is 94.5 Å². The van der Waals surface area contributed by atoms with Crippen molar-refractivity contribution in [2.45, 2.75) is 76.3 Å². The fourth-order valence-corrected chi connectivity index (χ4v) is 7.50. The number of likely N-dealkylation sites (tertiary alicyclic amines) is 3. The van der Waals surface area contributed by atoms with Gasteiger partial charge in [-0.15, -0.1) is 0 Å². The molecule has 0 spiro atoms. The quantitative estimate of drug-likeness (QED) is 0.270. The zero-order chi connectivity index (χ0) is 27.0. The van der Waals surface area contributed by atoms with E-state index in [2.05, 4.69) is 111 Å². The number of nitrogens with zero attached hydrogens (tertiary/aromatic N) is 4. The summed E-state index contributed by atoms with van der Waals surface area (Å²) in [5.41, 5.74) is 4.36. The maximum Gasteiger partial charge on any atom is 0.0237 e. The smallest absolute Gasteiger partial charge is 0.0237 e. The van der Waals surface area contributed by atoms with Crippen LogP contribution >= 0.6 is 0 Å². The molecule has 3 unspecified atom stereocenters. The molecule has 3 aliphatic rings. The first-order chi connectivity index (χ1) is 19.8. The molecule has 3 fully saturated rings. The highest BCUT2D eigenvalue weighted by Gasteiger charge is 2.33. The molecule has 3 saturated heterocycles. The topological polar surface area (TPSA) is 13.0 Å². The van der Waals surface area contributed by atoms with Crippen LogP contribution in [-0.4, -0.2) is 77.0 Å². The van der Waals surface area contributed by atoms with Gasteiger partial charge in [0, 0.05) is 57.4 Å². The molecule has 0 radical (unpaired) electrons. The molecule has 3 aromatic carbocycles. The van der Waals surface area contributed by atoms with Gasteiger partial charge in [0.1, 0.15) is 0 Å². The van der Waals surface area contributed by atoms with Gasteiger partial charge in [-0.2, -0.15) is 0 Å². The molecule has 0 N–H and O–H groups in total. The van der Waals surface area contributed by atoms with Crippen molar-refractivity contribution in [1.29, 1.82) is 0 Å². The predicted molar refractivity (Wildman–Crippen MR) is 166 cm³/mol. The van der Waals surface area contributed by atoms with Crippen molar-refractivity contribution < 1.29 is 0 Å². The van der Waals surface area contributed by atoms with Gasteiger partial charge < -0.3 is 0 Å². The molecular weight excluding hydrogens is 488 g/mol. The molecule has 212 valence electrons. The lowest BCUT2D eigenvalue weighted by Crippen LogP contribution is -2.49. The number of benzene rings is 3. The molecule has 4 nitrogen and oxygen atoms in total. The third-order valence-electron chi connectivity index (χ3n) is 9.59. The molecule has 3 heterocycles. The third kappa shape index (κ3) is 7.41.